The average Bonchev–Trinajstić information content (AvgIpc) is 2.53. The normalized spacial score (nSPS) is 12.0. The van der Waals surface area contributed by atoms with Gasteiger partial charge in [-0.05, 0) is 25.0 Å². The molecule has 122 valence electrons. The summed E-state index contributed by atoms with van der Waals surface area (Å²) in [6.45, 7) is 2.35. The lowest BCUT2D eigenvalue weighted by Gasteiger charge is -2.15. The van der Waals surface area contributed by atoms with E-state index in [0.29, 0.717) is 12.1 Å². The molecule has 0 aliphatic heterocycles. The Balaban J connectivity index is 1.73. The standard InChI is InChI=1S/C18H20F2N2O/c1-13(16-8-7-15(19)11-17(16)20)22-12-18(23)21-10-9-14-5-3-2-4-6-14/h2-8,11,13,22H,9-10,12H2,1H3,(H,21,23)/t13-/m1/s1. The summed E-state index contributed by atoms with van der Waals surface area (Å²) < 4.78 is 26.5. The highest BCUT2D eigenvalue weighted by atomic mass is 19.1. The Morgan fingerprint density at radius 2 is 1.87 bits per heavy atom. The molecule has 2 N–H and O–H groups in total. The molecule has 0 aromatic heterocycles. The van der Waals surface area contributed by atoms with Gasteiger partial charge < -0.3 is 10.6 Å². The summed E-state index contributed by atoms with van der Waals surface area (Å²) >= 11 is 0. The zero-order chi connectivity index (χ0) is 16.7. The summed E-state index contributed by atoms with van der Waals surface area (Å²) in [5.74, 6) is -1.39. The van der Waals surface area contributed by atoms with Crippen LogP contribution in [0.3, 0.4) is 0 Å². The summed E-state index contributed by atoms with van der Waals surface area (Å²) in [4.78, 5) is 11.8. The first-order valence-electron chi connectivity index (χ1n) is 7.55. The Morgan fingerprint density at radius 1 is 1.13 bits per heavy atom. The van der Waals surface area contributed by atoms with E-state index in [1.807, 2.05) is 30.3 Å². The van der Waals surface area contributed by atoms with Crippen LogP contribution in [0.2, 0.25) is 0 Å². The van der Waals surface area contributed by atoms with Crippen molar-refractivity contribution in [3.63, 3.8) is 0 Å². The molecule has 0 aliphatic rings. The number of benzene rings is 2. The topological polar surface area (TPSA) is 41.1 Å². The van der Waals surface area contributed by atoms with Crippen LogP contribution in [0.4, 0.5) is 8.78 Å². The van der Waals surface area contributed by atoms with Gasteiger partial charge in [0.1, 0.15) is 11.6 Å². The second kappa shape index (κ2) is 8.39. The monoisotopic (exact) mass is 318 g/mol. The van der Waals surface area contributed by atoms with Crippen LogP contribution in [0.25, 0.3) is 0 Å². The van der Waals surface area contributed by atoms with Gasteiger partial charge in [0, 0.05) is 24.2 Å². The summed E-state index contributed by atoms with van der Waals surface area (Å²) in [7, 11) is 0. The third kappa shape index (κ3) is 5.45. The number of rotatable bonds is 7. The van der Waals surface area contributed by atoms with Crippen LogP contribution in [-0.4, -0.2) is 19.0 Å². The molecule has 2 aromatic carbocycles. The lowest BCUT2D eigenvalue weighted by atomic mass is 10.1. The van der Waals surface area contributed by atoms with E-state index in [2.05, 4.69) is 10.6 Å². The molecule has 1 atom stereocenters. The third-order valence-corrected chi connectivity index (χ3v) is 3.58. The van der Waals surface area contributed by atoms with Crippen molar-refractivity contribution in [2.24, 2.45) is 0 Å². The third-order valence-electron chi connectivity index (χ3n) is 3.58. The van der Waals surface area contributed by atoms with Gasteiger partial charge in [0.2, 0.25) is 5.91 Å². The molecule has 23 heavy (non-hydrogen) atoms. The van der Waals surface area contributed by atoms with Gasteiger partial charge in [0.15, 0.2) is 0 Å². The maximum atomic E-state index is 13.6. The van der Waals surface area contributed by atoms with Crippen molar-refractivity contribution in [3.05, 3.63) is 71.3 Å². The molecule has 0 saturated carbocycles. The number of hydrogen-bond acceptors (Lipinski definition) is 2. The predicted molar refractivity (Wildman–Crippen MR) is 85.9 cm³/mol. The molecule has 0 aliphatic carbocycles. The quantitative estimate of drug-likeness (QED) is 0.824. The van der Waals surface area contributed by atoms with Crippen molar-refractivity contribution in [3.8, 4) is 0 Å². The van der Waals surface area contributed by atoms with Crippen molar-refractivity contribution >= 4 is 5.91 Å². The minimum Gasteiger partial charge on any atom is -0.355 e. The SMILES string of the molecule is C[C@@H](NCC(=O)NCCc1ccccc1)c1ccc(F)cc1F. The highest BCUT2D eigenvalue weighted by Crippen LogP contribution is 2.17. The Labute approximate surface area is 134 Å². The lowest BCUT2D eigenvalue weighted by molar-refractivity contribution is -0.120. The molecule has 0 spiro atoms. The van der Waals surface area contributed by atoms with Gasteiger partial charge in [-0.15, -0.1) is 0 Å². The van der Waals surface area contributed by atoms with Crippen LogP contribution in [0.5, 0.6) is 0 Å². The molecule has 2 rings (SSSR count). The number of halogens is 2. The first-order chi connectivity index (χ1) is 11.1. The van der Waals surface area contributed by atoms with Crippen molar-refractivity contribution in [2.75, 3.05) is 13.1 Å². The zero-order valence-corrected chi connectivity index (χ0v) is 13.0. The molecular weight excluding hydrogens is 298 g/mol. The Kier molecular flexibility index (Phi) is 6.23. The highest BCUT2D eigenvalue weighted by molar-refractivity contribution is 5.78. The molecule has 5 heteroatoms. The van der Waals surface area contributed by atoms with E-state index in [1.54, 1.807) is 6.92 Å². The van der Waals surface area contributed by atoms with Gasteiger partial charge in [-0.25, -0.2) is 8.78 Å². The Morgan fingerprint density at radius 3 is 2.57 bits per heavy atom. The largest absolute Gasteiger partial charge is 0.355 e. The highest BCUT2D eigenvalue weighted by Gasteiger charge is 2.12. The van der Waals surface area contributed by atoms with Crippen LogP contribution in [-0.2, 0) is 11.2 Å². The van der Waals surface area contributed by atoms with Crippen molar-refractivity contribution in [2.45, 2.75) is 19.4 Å². The van der Waals surface area contributed by atoms with E-state index in [0.717, 1.165) is 18.1 Å². The second-order valence-electron chi connectivity index (χ2n) is 5.35. The average molecular weight is 318 g/mol. The fourth-order valence-corrected chi connectivity index (χ4v) is 2.26. The second-order valence-corrected chi connectivity index (χ2v) is 5.35. The molecule has 0 unspecified atom stereocenters. The molecule has 1 amide bonds. The van der Waals surface area contributed by atoms with Gasteiger partial charge in [0.05, 0.1) is 6.54 Å². The maximum Gasteiger partial charge on any atom is 0.233 e. The number of hydrogen-bond donors (Lipinski definition) is 2. The van der Waals surface area contributed by atoms with Crippen LogP contribution in [0, 0.1) is 11.6 Å². The molecule has 0 saturated heterocycles. The van der Waals surface area contributed by atoms with Crippen molar-refractivity contribution in [1.29, 1.82) is 0 Å². The first-order valence-corrected chi connectivity index (χ1v) is 7.55. The molecular formula is C18H20F2N2O. The molecule has 0 fully saturated rings. The number of amides is 1. The van der Waals surface area contributed by atoms with Crippen molar-refractivity contribution < 1.29 is 13.6 Å². The van der Waals surface area contributed by atoms with Crippen LogP contribution < -0.4 is 10.6 Å². The van der Waals surface area contributed by atoms with Gasteiger partial charge in [0.25, 0.3) is 0 Å². The maximum absolute atomic E-state index is 13.6. The van der Waals surface area contributed by atoms with Gasteiger partial charge in [-0.1, -0.05) is 36.4 Å². The van der Waals surface area contributed by atoms with Crippen LogP contribution in [0.1, 0.15) is 24.1 Å². The van der Waals surface area contributed by atoms with E-state index < -0.39 is 11.6 Å². The van der Waals surface area contributed by atoms with E-state index in [4.69, 9.17) is 0 Å². The van der Waals surface area contributed by atoms with E-state index in [1.165, 1.54) is 12.1 Å². The van der Waals surface area contributed by atoms with Crippen molar-refractivity contribution in [1.82, 2.24) is 10.6 Å². The Hall–Kier alpha value is -2.27. The predicted octanol–water partition coefficient (Wildman–Crippen LogP) is 2.97. The van der Waals surface area contributed by atoms with Crippen LogP contribution in [0.15, 0.2) is 48.5 Å². The first kappa shape index (κ1) is 17.1. The fourth-order valence-electron chi connectivity index (χ4n) is 2.26. The van der Waals surface area contributed by atoms with E-state index in [9.17, 15) is 13.6 Å². The minimum absolute atomic E-state index is 0.0762. The van der Waals surface area contributed by atoms with Gasteiger partial charge >= 0.3 is 0 Å². The summed E-state index contributed by atoms with van der Waals surface area (Å²) in [6.07, 6.45) is 0.759. The number of carbonyl (C=O) groups excluding carboxylic acids is 1. The molecule has 3 nitrogen and oxygen atoms in total. The Bertz CT molecular complexity index is 647. The molecule has 0 heterocycles. The number of carbonyl (C=O) groups is 1. The lowest BCUT2D eigenvalue weighted by Crippen LogP contribution is -2.36. The smallest absolute Gasteiger partial charge is 0.233 e. The van der Waals surface area contributed by atoms with E-state index >= 15 is 0 Å². The molecule has 2 aromatic rings. The van der Waals surface area contributed by atoms with E-state index in [-0.39, 0.29) is 18.5 Å². The number of nitrogens with one attached hydrogen (secondary N) is 2. The summed E-state index contributed by atoms with van der Waals surface area (Å²) in [6, 6.07) is 12.9. The molecule has 0 radical (unpaired) electrons. The molecule has 0 bridgehead atoms. The summed E-state index contributed by atoms with van der Waals surface area (Å²) in [5.41, 5.74) is 1.49. The van der Waals surface area contributed by atoms with Crippen LogP contribution >= 0.6 is 0 Å². The minimum atomic E-state index is -0.616. The van der Waals surface area contributed by atoms with Gasteiger partial charge in [-0.2, -0.15) is 0 Å². The zero-order valence-electron chi connectivity index (χ0n) is 13.0. The van der Waals surface area contributed by atoms with Gasteiger partial charge in [-0.3, -0.25) is 4.79 Å². The summed E-state index contributed by atoms with van der Waals surface area (Å²) in [5, 5.41) is 5.74. The fraction of sp³-hybridized carbons (Fsp3) is 0.278.